The van der Waals surface area contributed by atoms with Crippen LogP contribution >= 0.6 is 15.9 Å². The zero-order valence-corrected chi connectivity index (χ0v) is 9.33. The highest BCUT2D eigenvalue weighted by molar-refractivity contribution is 9.10. The number of hydrogen-bond donors (Lipinski definition) is 1. The van der Waals surface area contributed by atoms with E-state index in [1.54, 1.807) is 25.1 Å². The van der Waals surface area contributed by atoms with E-state index in [1.165, 1.54) is 0 Å². The topological polar surface area (TPSA) is 15.8 Å². The molecular weight excluding hydrogens is 271 g/mol. The Morgan fingerprint density at radius 2 is 1.93 bits per heavy atom. The van der Waals surface area contributed by atoms with Crippen molar-refractivity contribution in [3.05, 3.63) is 33.9 Å². The first-order chi connectivity index (χ1) is 6.91. The maximum absolute atomic E-state index is 12.6. The van der Waals surface area contributed by atoms with Crippen molar-refractivity contribution in [3.8, 4) is 0 Å². The first-order valence-corrected chi connectivity index (χ1v) is 5.04. The van der Waals surface area contributed by atoms with Crippen LogP contribution in [0, 0.1) is 6.92 Å². The highest BCUT2D eigenvalue weighted by Crippen LogP contribution is 2.39. The summed E-state index contributed by atoms with van der Waals surface area (Å²) < 4.78 is 37.7. The third kappa shape index (κ3) is 1.65. The Morgan fingerprint density at radius 3 is 2.47 bits per heavy atom. The minimum absolute atomic E-state index is 0.0775. The molecule has 5 heteroatoms. The van der Waals surface area contributed by atoms with Gasteiger partial charge in [0, 0.05) is 10.9 Å². The van der Waals surface area contributed by atoms with Gasteiger partial charge in [0.1, 0.15) is 5.69 Å². The van der Waals surface area contributed by atoms with Crippen molar-refractivity contribution in [2.45, 2.75) is 13.1 Å². The van der Waals surface area contributed by atoms with Gasteiger partial charge < -0.3 is 4.98 Å². The molecule has 0 aliphatic carbocycles. The third-order valence-electron chi connectivity index (χ3n) is 2.26. The largest absolute Gasteiger partial charge is 0.432 e. The molecule has 1 aromatic heterocycles. The van der Waals surface area contributed by atoms with E-state index in [2.05, 4.69) is 20.9 Å². The number of aryl methyl sites for hydroxylation is 1. The minimum Gasteiger partial charge on any atom is -0.350 e. The lowest BCUT2D eigenvalue weighted by atomic mass is 10.2. The molecule has 0 aliphatic heterocycles. The summed E-state index contributed by atoms with van der Waals surface area (Å²) in [6.45, 7) is 1.77. The Balaban J connectivity index is 2.81. The SMILES string of the molecule is Cc1cccc2c(Br)c(C(F)(F)F)[nH]c12. The molecule has 0 amide bonds. The van der Waals surface area contributed by atoms with Crippen LogP contribution in [0.2, 0.25) is 0 Å². The normalized spacial score (nSPS) is 12.3. The van der Waals surface area contributed by atoms with Crippen LogP contribution in [0.3, 0.4) is 0 Å². The summed E-state index contributed by atoms with van der Waals surface area (Å²) in [4.78, 5) is 2.40. The second-order valence-corrected chi connectivity index (χ2v) is 4.10. The van der Waals surface area contributed by atoms with Gasteiger partial charge in [-0.15, -0.1) is 0 Å². The van der Waals surface area contributed by atoms with Crippen LogP contribution in [0.4, 0.5) is 13.2 Å². The zero-order chi connectivity index (χ0) is 11.2. The van der Waals surface area contributed by atoms with Crippen molar-refractivity contribution in [3.63, 3.8) is 0 Å². The predicted octanol–water partition coefficient (Wildman–Crippen LogP) is 4.26. The second kappa shape index (κ2) is 3.27. The lowest BCUT2D eigenvalue weighted by Crippen LogP contribution is -2.05. The molecule has 1 N–H and O–H groups in total. The monoisotopic (exact) mass is 277 g/mol. The average Bonchev–Trinajstić information content (AvgIpc) is 2.45. The molecule has 1 nitrogen and oxygen atoms in total. The number of H-pyrrole nitrogens is 1. The molecule has 80 valence electrons. The molecule has 0 radical (unpaired) electrons. The minimum atomic E-state index is -4.36. The maximum atomic E-state index is 12.6. The highest BCUT2D eigenvalue weighted by atomic mass is 79.9. The van der Waals surface area contributed by atoms with Crippen LogP contribution < -0.4 is 0 Å². The van der Waals surface area contributed by atoms with Gasteiger partial charge in [0.2, 0.25) is 0 Å². The Labute approximate surface area is 92.4 Å². The number of aromatic amines is 1. The fourth-order valence-electron chi connectivity index (χ4n) is 1.53. The van der Waals surface area contributed by atoms with Crippen molar-refractivity contribution < 1.29 is 13.2 Å². The molecule has 2 rings (SSSR count). The van der Waals surface area contributed by atoms with Crippen LogP contribution in [0.25, 0.3) is 10.9 Å². The Morgan fingerprint density at radius 1 is 1.27 bits per heavy atom. The molecule has 0 aliphatic rings. The van der Waals surface area contributed by atoms with Gasteiger partial charge in [0.15, 0.2) is 0 Å². The van der Waals surface area contributed by atoms with E-state index in [4.69, 9.17) is 0 Å². The molecule has 0 fully saturated rings. The number of para-hydroxylation sites is 1. The summed E-state index contributed by atoms with van der Waals surface area (Å²) >= 11 is 2.97. The summed E-state index contributed by atoms with van der Waals surface area (Å²) in [6, 6.07) is 5.15. The Bertz CT molecular complexity index is 513. The lowest BCUT2D eigenvalue weighted by Gasteiger charge is -2.03. The molecule has 1 aromatic carbocycles. The highest BCUT2D eigenvalue weighted by Gasteiger charge is 2.35. The maximum Gasteiger partial charge on any atom is 0.432 e. The molecule has 15 heavy (non-hydrogen) atoms. The van der Waals surface area contributed by atoms with Gasteiger partial charge >= 0.3 is 6.18 Å². The van der Waals surface area contributed by atoms with Crippen LogP contribution in [-0.2, 0) is 6.18 Å². The van der Waals surface area contributed by atoms with Gasteiger partial charge in [-0.3, -0.25) is 0 Å². The van der Waals surface area contributed by atoms with Crippen LogP contribution in [0.15, 0.2) is 22.7 Å². The first-order valence-electron chi connectivity index (χ1n) is 4.25. The number of alkyl halides is 3. The van der Waals surface area contributed by atoms with E-state index in [1.807, 2.05) is 0 Å². The van der Waals surface area contributed by atoms with Gasteiger partial charge in [-0.25, -0.2) is 0 Å². The summed E-state index contributed by atoms with van der Waals surface area (Å²) in [5.41, 5.74) is 0.590. The number of rotatable bonds is 0. The smallest absolute Gasteiger partial charge is 0.350 e. The number of fused-ring (bicyclic) bond motifs is 1. The Hall–Kier alpha value is -0.970. The molecule has 0 spiro atoms. The fraction of sp³-hybridized carbons (Fsp3) is 0.200. The predicted molar refractivity (Wildman–Crippen MR) is 55.7 cm³/mol. The standard InChI is InChI=1S/C10H7BrF3N/c1-5-3-2-4-6-7(11)9(10(12,13)14)15-8(5)6/h2-4,15H,1H3. The number of aromatic nitrogens is 1. The molecule has 0 bridgehead atoms. The number of halogens is 4. The van der Waals surface area contributed by atoms with E-state index < -0.39 is 11.9 Å². The van der Waals surface area contributed by atoms with Gasteiger partial charge in [0.05, 0.1) is 4.47 Å². The molecule has 2 aromatic rings. The van der Waals surface area contributed by atoms with Crippen molar-refractivity contribution in [1.82, 2.24) is 4.98 Å². The number of benzene rings is 1. The van der Waals surface area contributed by atoms with Crippen molar-refractivity contribution in [2.75, 3.05) is 0 Å². The summed E-state index contributed by atoms with van der Waals surface area (Å²) in [7, 11) is 0. The van der Waals surface area contributed by atoms with Crippen LogP contribution in [0.1, 0.15) is 11.3 Å². The van der Waals surface area contributed by atoms with Crippen molar-refractivity contribution in [1.29, 1.82) is 0 Å². The molecule has 1 heterocycles. The zero-order valence-electron chi connectivity index (χ0n) is 7.74. The lowest BCUT2D eigenvalue weighted by molar-refractivity contribution is -0.141. The van der Waals surface area contributed by atoms with E-state index in [0.29, 0.717) is 10.9 Å². The van der Waals surface area contributed by atoms with E-state index in [9.17, 15) is 13.2 Å². The second-order valence-electron chi connectivity index (χ2n) is 3.31. The van der Waals surface area contributed by atoms with Gasteiger partial charge in [0.25, 0.3) is 0 Å². The van der Waals surface area contributed by atoms with E-state index in [0.717, 1.165) is 5.56 Å². The van der Waals surface area contributed by atoms with E-state index >= 15 is 0 Å². The molecular formula is C10H7BrF3N. The molecule has 0 saturated carbocycles. The van der Waals surface area contributed by atoms with Crippen molar-refractivity contribution in [2.24, 2.45) is 0 Å². The quantitative estimate of drug-likeness (QED) is 0.741. The third-order valence-corrected chi connectivity index (χ3v) is 3.09. The van der Waals surface area contributed by atoms with E-state index in [-0.39, 0.29) is 4.47 Å². The van der Waals surface area contributed by atoms with Gasteiger partial charge in [-0.05, 0) is 28.4 Å². The van der Waals surface area contributed by atoms with Crippen LogP contribution in [-0.4, -0.2) is 4.98 Å². The van der Waals surface area contributed by atoms with Crippen molar-refractivity contribution >= 4 is 26.8 Å². The molecule has 0 unspecified atom stereocenters. The first kappa shape index (κ1) is 10.5. The summed E-state index contributed by atoms with van der Waals surface area (Å²) in [5, 5.41) is 0.558. The summed E-state index contributed by atoms with van der Waals surface area (Å²) in [6.07, 6.45) is -4.36. The molecule has 0 atom stereocenters. The van der Waals surface area contributed by atoms with Gasteiger partial charge in [-0.1, -0.05) is 18.2 Å². The average molecular weight is 278 g/mol. The molecule has 0 saturated heterocycles. The van der Waals surface area contributed by atoms with Crippen LogP contribution in [0.5, 0.6) is 0 Å². The number of nitrogens with one attached hydrogen (secondary N) is 1. The van der Waals surface area contributed by atoms with Gasteiger partial charge in [-0.2, -0.15) is 13.2 Å². The summed E-state index contributed by atoms with van der Waals surface area (Å²) in [5.74, 6) is 0. The Kier molecular flexibility index (Phi) is 2.30. The fourth-order valence-corrected chi connectivity index (χ4v) is 2.18. The number of hydrogen-bond acceptors (Lipinski definition) is 0.